The van der Waals surface area contributed by atoms with E-state index in [1.807, 2.05) is 37.3 Å². The Labute approximate surface area is 243 Å². The van der Waals surface area contributed by atoms with E-state index in [0.29, 0.717) is 23.1 Å². The summed E-state index contributed by atoms with van der Waals surface area (Å²) in [7, 11) is -3.84. The Morgan fingerprint density at radius 1 is 0.951 bits per heavy atom. The third-order valence-corrected chi connectivity index (χ3v) is 8.95. The Morgan fingerprint density at radius 3 is 2.32 bits per heavy atom. The summed E-state index contributed by atoms with van der Waals surface area (Å²) in [5.74, 6) is -1.45. The van der Waals surface area contributed by atoms with Gasteiger partial charge >= 0.3 is 0 Å². The Hall–Kier alpha value is -3.59. The minimum Gasteiger partial charge on any atom is -0.366 e. The number of hydrogen-bond donors (Lipinski definition) is 2. The van der Waals surface area contributed by atoms with Crippen molar-refractivity contribution in [2.24, 2.45) is 5.73 Å². The molecule has 0 aliphatic carbocycles. The van der Waals surface area contributed by atoms with Gasteiger partial charge in [-0.25, -0.2) is 13.1 Å². The maximum absolute atomic E-state index is 13.5. The Morgan fingerprint density at radius 2 is 1.66 bits per heavy atom. The van der Waals surface area contributed by atoms with Crippen LogP contribution in [0, 0.1) is 0 Å². The number of primary amides is 1. The van der Waals surface area contributed by atoms with Crippen LogP contribution in [-0.2, 0) is 21.4 Å². The van der Waals surface area contributed by atoms with Gasteiger partial charge in [0, 0.05) is 18.0 Å². The predicted molar refractivity (Wildman–Crippen MR) is 164 cm³/mol. The van der Waals surface area contributed by atoms with Gasteiger partial charge in [0.25, 0.3) is 0 Å². The first-order valence-electron chi connectivity index (χ1n) is 14.3. The van der Waals surface area contributed by atoms with E-state index in [2.05, 4.69) is 21.8 Å². The number of unbranched alkanes of at least 4 members (excludes halogenated alkanes) is 1. The van der Waals surface area contributed by atoms with Crippen LogP contribution >= 0.6 is 0 Å². The summed E-state index contributed by atoms with van der Waals surface area (Å²) < 4.78 is 28.0. The van der Waals surface area contributed by atoms with Crippen molar-refractivity contribution < 1.29 is 18.0 Å². The average Bonchev–Trinajstić information content (AvgIpc) is 3.49. The molecule has 8 heteroatoms. The highest BCUT2D eigenvalue weighted by Gasteiger charge is 2.26. The number of nitrogens with zero attached hydrogens (tertiary/aromatic N) is 1. The number of rotatable bonds is 14. The lowest BCUT2D eigenvalue weighted by atomic mass is 9.84. The van der Waals surface area contributed by atoms with Crippen molar-refractivity contribution in [3.63, 3.8) is 0 Å². The van der Waals surface area contributed by atoms with Crippen molar-refractivity contribution in [3.8, 4) is 0 Å². The summed E-state index contributed by atoms with van der Waals surface area (Å²) in [4.78, 5) is 28.5. The van der Waals surface area contributed by atoms with Gasteiger partial charge in [-0.3, -0.25) is 14.5 Å². The van der Waals surface area contributed by atoms with Gasteiger partial charge in [0.1, 0.15) is 0 Å². The third kappa shape index (κ3) is 8.22. The van der Waals surface area contributed by atoms with Gasteiger partial charge in [0.05, 0.1) is 11.4 Å². The first-order chi connectivity index (χ1) is 19.8. The molecule has 3 N–H and O–H groups in total. The van der Waals surface area contributed by atoms with Crippen LogP contribution < -0.4 is 10.5 Å². The quantitative estimate of drug-likeness (QED) is 0.252. The van der Waals surface area contributed by atoms with Crippen LogP contribution in [0.1, 0.15) is 77.6 Å². The van der Waals surface area contributed by atoms with Gasteiger partial charge in [0.15, 0.2) is 5.78 Å². The summed E-state index contributed by atoms with van der Waals surface area (Å²) in [6, 6.07) is 21.5. The van der Waals surface area contributed by atoms with E-state index in [4.69, 9.17) is 5.73 Å². The number of nitrogens with one attached hydrogen (secondary N) is 1. The summed E-state index contributed by atoms with van der Waals surface area (Å²) in [5, 5.41) is 0. The molecule has 1 aliphatic heterocycles. The minimum atomic E-state index is -3.84. The molecule has 0 radical (unpaired) electrons. The number of Topliss-reactive ketones (excluding diaryl/α,β-unsaturated/α-hetero) is 1. The highest BCUT2D eigenvalue weighted by molar-refractivity contribution is 7.89. The number of sulfonamides is 1. The van der Waals surface area contributed by atoms with Crippen LogP contribution in [0.2, 0.25) is 0 Å². The monoisotopic (exact) mass is 573 g/mol. The highest BCUT2D eigenvalue weighted by Crippen LogP contribution is 2.30. The number of amides is 1. The Bertz CT molecular complexity index is 1460. The fourth-order valence-electron chi connectivity index (χ4n) is 5.27. The number of benzene rings is 3. The third-order valence-electron chi connectivity index (χ3n) is 7.53. The second-order valence-electron chi connectivity index (χ2n) is 10.5. The van der Waals surface area contributed by atoms with Gasteiger partial charge < -0.3 is 5.73 Å². The number of carbonyl (C=O) groups excluding carboxylic acids is 2. The lowest BCUT2D eigenvalue weighted by Crippen LogP contribution is -2.32. The van der Waals surface area contributed by atoms with Crippen molar-refractivity contribution in [3.05, 3.63) is 101 Å². The fourth-order valence-corrected chi connectivity index (χ4v) is 6.29. The van der Waals surface area contributed by atoms with Crippen LogP contribution in [-0.4, -0.2) is 44.6 Å². The molecule has 7 nitrogen and oxygen atoms in total. The molecular formula is C33H39N3O4S. The van der Waals surface area contributed by atoms with E-state index < -0.39 is 21.8 Å². The fraction of sp³-hybridized carbons (Fsp3) is 0.333. The zero-order chi connectivity index (χ0) is 29.2. The standard InChI is InChI=1S/C33H39N3O4S/c1-2-3-12-30(32(37)23-35-41(39,40)27-10-5-4-6-11-27)28-13-9-14-31(33(34)38)29(28)20-19-25-15-17-26(18-16-25)24-36-21-7-8-22-36/h4-6,9-11,13-20,30,35H,2-3,7-8,12,21-24H2,1H3,(H2,34,38). The van der Waals surface area contributed by atoms with Crippen molar-refractivity contribution in [2.75, 3.05) is 19.6 Å². The van der Waals surface area contributed by atoms with Crippen LogP contribution in [0.5, 0.6) is 0 Å². The normalized spacial score (nSPS) is 14.9. The molecule has 0 aromatic heterocycles. The van der Waals surface area contributed by atoms with Crippen LogP contribution in [0.25, 0.3) is 12.2 Å². The van der Waals surface area contributed by atoms with Crippen molar-refractivity contribution in [1.82, 2.24) is 9.62 Å². The van der Waals surface area contributed by atoms with Gasteiger partial charge in [-0.05, 0) is 72.8 Å². The van der Waals surface area contributed by atoms with Crippen LogP contribution in [0.3, 0.4) is 0 Å². The number of ketones is 1. The molecule has 3 aromatic carbocycles. The molecule has 1 fully saturated rings. The van der Waals surface area contributed by atoms with E-state index in [9.17, 15) is 18.0 Å². The summed E-state index contributed by atoms with van der Waals surface area (Å²) in [6.07, 6.45) is 8.42. The van der Waals surface area contributed by atoms with Gasteiger partial charge in [-0.1, -0.05) is 86.5 Å². The molecule has 3 aromatic rings. The number of likely N-dealkylation sites (tertiary alicyclic amines) is 1. The highest BCUT2D eigenvalue weighted by atomic mass is 32.2. The van der Waals surface area contributed by atoms with Crippen molar-refractivity contribution in [1.29, 1.82) is 0 Å². The second kappa shape index (κ2) is 14.3. The molecule has 0 bridgehead atoms. The number of hydrogen-bond acceptors (Lipinski definition) is 5. The summed E-state index contributed by atoms with van der Waals surface area (Å²) in [5.41, 5.74) is 9.55. The van der Waals surface area contributed by atoms with E-state index in [1.165, 1.54) is 30.5 Å². The molecule has 4 rings (SSSR count). The predicted octanol–water partition coefficient (Wildman–Crippen LogP) is 5.37. The maximum Gasteiger partial charge on any atom is 0.249 e. The topological polar surface area (TPSA) is 110 Å². The lowest BCUT2D eigenvalue weighted by molar-refractivity contribution is -0.119. The largest absolute Gasteiger partial charge is 0.366 e. The maximum atomic E-state index is 13.5. The first kappa shape index (κ1) is 30.4. The Kier molecular flexibility index (Phi) is 10.6. The first-order valence-corrected chi connectivity index (χ1v) is 15.8. The molecule has 1 aliphatic rings. The molecule has 1 heterocycles. The molecule has 1 saturated heterocycles. The van der Waals surface area contributed by atoms with E-state index in [-0.39, 0.29) is 17.2 Å². The molecule has 41 heavy (non-hydrogen) atoms. The van der Waals surface area contributed by atoms with Crippen LogP contribution in [0.4, 0.5) is 0 Å². The lowest BCUT2D eigenvalue weighted by Gasteiger charge is -2.20. The smallest absolute Gasteiger partial charge is 0.249 e. The minimum absolute atomic E-state index is 0.101. The SMILES string of the molecule is CCCCC(C(=O)CNS(=O)(=O)c1ccccc1)c1cccc(C(N)=O)c1C=Cc1ccc(CN2CCCC2)cc1. The summed E-state index contributed by atoms with van der Waals surface area (Å²) in [6.45, 7) is 4.90. The van der Waals surface area contributed by atoms with Gasteiger partial charge in [-0.15, -0.1) is 0 Å². The van der Waals surface area contributed by atoms with Crippen LogP contribution in [0.15, 0.2) is 77.7 Å². The average molecular weight is 574 g/mol. The van der Waals surface area contributed by atoms with Crippen molar-refractivity contribution >= 4 is 33.9 Å². The number of nitrogens with two attached hydrogens (primary N) is 1. The molecule has 1 atom stereocenters. The van der Waals surface area contributed by atoms with E-state index in [1.54, 1.807) is 30.3 Å². The zero-order valence-corrected chi connectivity index (χ0v) is 24.4. The summed E-state index contributed by atoms with van der Waals surface area (Å²) >= 11 is 0. The molecule has 1 amide bonds. The number of carbonyl (C=O) groups is 2. The zero-order valence-electron chi connectivity index (χ0n) is 23.6. The molecular weight excluding hydrogens is 534 g/mol. The molecule has 1 unspecified atom stereocenters. The second-order valence-corrected chi connectivity index (χ2v) is 12.3. The van der Waals surface area contributed by atoms with Gasteiger partial charge in [-0.2, -0.15) is 0 Å². The van der Waals surface area contributed by atoms with Crippen molar-refractivity contribution in [2.45, 2.75) is 56.4 Å². The molecule has 0 saturated carbocycles. The molecule has 216 valence electrons. The van der Waals surface area contributed by atoms with E-state index >= 15 is 0 Å². The van der Waals surface area contributed by atoms with Gasteiger partial charge in [0.2, 0.25) is 15.9 Å². The Balaban J connectivity index is 1.59. The molecule has 0 spiro atoms. The van der Waals surface area contributed by atoms with E-state index in [0.717, 1.165) is 38.0 Å².